The van der Waals surface area contributed by atoms with E-state index in [9.17, 15) is 4.79 Å². The maximum Gasteiger partial charge on any atom is 0.322 e. The van der Waals surface area contributed by atoms with Gasteiger partial charge in [0, 0.05) is 37.3 Å². The fourth-order valence-electron chi connectivity index (χ4n) is 3.68. The number of carbonyl (C=O) groups excluding carboxylic acids is 1. The van der Waals surface area contributed by atoms with E-state index in [0.717, 1.165) is 36.4 Å². The van der Waals surface area contributed by atoms with Gasteiger partial charge in [-0.15, -0.1) is 11.3 Å². The van der Waals surface area contributed by atoms with Crippen molar-refractivity contribution < 1.29 is 9.53 Å². The van der Waals surface area contributed by atoms with Crippen molar-refractivity contribution in [1.82, 2.24) is 9.88 Å². The van der Waals surface area contributed by atoms with Crippen LogP contribution in [0.2, 0.25) is 0 Å². The highest BCUT2D eigenvalue weighted by atomic mass is 32.1. The summed E-state index contributed by atoms with van der Waals surface area (Å²) in [6.45, 7) is 0. The Morgan fingerprint density at radius 2 is 1.96 bits per heavy atom. The zero-order chi connectivity index (χ0) is 15.6. The molecule has 4 rings (SSSR count). The van der Waals surface area contributed by atoms with E-state index in [1.54, 1.807) is 23.7 Å². The molecular weight excluding hydrogens is 310 g/mol. The van der Waals surface area contributed by atoms with Gasteiger partial charge in [0.15, 0.2) is 0 Å². The molecule has 0 spiro atoms. The molecule has 2 saturated heterocycles. The number of urea groups is 1. The molecule has 0 saturated carbocycles. The lowest BCUT2D eigenvalue weighted by Gasteiger charge is -2.38. The third-order valence-corrected chi connectivity index (χ3v) is 5.41. The van der Waals surface area contributed by atoms with Gasteiger partial charge in [0.05, 0.1) is 5.00 Å². The molecule has 120 valence electrons. The normalized spacial score (nSPS) is 26.1. The quantitative estimate of drug-likeness (QED) is 0.933. The number of anilines is 1. The summed E-state index contributed by atoms with van der Waals surface area (Å²) in [4.78, 5) is 18.6. The van der Waals surface area contributed by atoms with Gasteiger partial charge in [-0.25, -0.2) is 4.79 Å². The number of piperidine rings is 1. The van der Waals surface area contributed by atoms with Crippen LogP contribution in [0.1, 0.15) is 25.7 Å². The van der Waals surface area contributed by atoms with Crippen molar-refractivity contribution in [1.29, 1.82) is 0 Å². The molecule has 2 aromatic heterocycles. The standard InChI is InChI=1S/C17H19N3O2S/c21-17(19-16-2-1-9-23-16)20-12-3-4-13(20)11-15(10-12)22-14-5-7-18-8-6-14/h1-2,5-9,12-13,15H,3-4,10-11H2,(H,19,21). The Balaban J connectivity index is 1.41. The molecule has 0 aliphatic carbocycles. The number of nitrogens with zero attached hydrogens (tertiary/aromatic N) is 2. The Labute approximate surface area is 139 Å². The van der Waals surface area contributed by atoms with Crippen molar-refractivity contribution in [3.8, 4) is 5.75 Å². The molecule has 2 atom stereocenters. The number of amides is 2. The third-order valence-electron chi connectivity index (χ3n) is 4.63. The van der Waals surface area contributed by atoms with Crippen molar-refractivity contribution in [2.24, 2.45) is 0 Å². The zero-order valence-corrected chi connectivity index (χ0v) is 13.5. The molecule has 0 radical (unpaired) electrons. The second-order valence-electron chi connectivity index (χ2n) is 6.09. The number of nitrogens with one attached hydrogen (secondary N) is 1. The average molecular weight is 329 g/mol. The summed E-state index contributed by atoms with van der Waals surface area (Å²) in [5, 5.41) is 5.89. The minimum atomic E-state index is 0.0299. The summed E-state index contributed by atoms with van der Waals surface area (Å²) in [5.41, 5.74) is 0. The molecule has 2 aromatic rings. The number of carbonyl (C=O) groups is 1. The highest BCUT2D eigenvalue weighted by molar-refractivity contribution is 7.14. The van der Waals surface area contributed by atoms with E-state index in [0.29, 0.717) is 0 Å². The second-order valence-corrected chi connectivity index (χ2v) is 7.04. The molecule has 4 heterocycles. The highest BCUT2D eigenvalue weighted by Crippen LogP contribution is 2.37. The second kappa shape index (κ2) is 6.20. The van der Waals surface area contributed by atoms with Gasteiger partial charge in [-0.05, 0) is 42.5 Å². The summed E-state index contributed by atoms with van der Waals surface area (Å²) < 4.78 is 6.07. The Morgan fingerprint density at radius 1 is 1.22 bits per heavy atom. The van der Waals surface area contributed by atoms with Crippen LogP contribution in [0, 0.1) is 0 Å². The lowest BCUT2D eigenvalue weighted by molar-refractivity contribution is 0.0732. The van der Waals surface area contributed by atoms with Gasteiger partial charge in [-0.1, -0.05) is 0 Å². The van der Waals surface area contributed by atoms with Gasteiger partial charge in [-0.2, -0.15) is 0 Å². The largest absolute Gasteiger partial charge is 0.490 e. The Kier molecular flexibility index (Phi) is 3.91. The third kappa shape index (κ3) is 3.03. The summed E-state index contributed by atoms with van der Waals surface area (Å²) >= 11 is 1.55. The number of thiophene rings is 1. The van der Waals surface area contributed by atoms with E-state index in [1.165, 1.54) is 0 Å². The predicted molar refractivity (Wildman–Crippen MR) is 89.9 cm³/mol. The van der Waals surface area contributed by atoms with Crippen molar-refractivity contribution in [2.75, 3.05) is 5.32 Å². The van der Waals surface area contributed by atoms with Gasteiger partial charge in [0.25, 0.3) is 0 Å². The zero-order valence-electron chi connectivity index (χ0n) is 12.7. The van der Waals surface area contributed by atoms with Gasteiger partial charge in [0.2, 0.25) is 0 Å². The predicted octanol–water partition coefficient (Wildman–Crippen LogP) is 3.75. The fraction of sp³-hybridized carbons (Fsp3) is 0.412. The Bertz CT molecular complexity index is 648. The molecule has 1 N–H and O–H groups in total. The molecule has 5 nitrogen and oxygen atoms in total. The molecule has 2 aliphatic heterocycles. The molecule has 2 bridgehead atoms. The first-order valence-corrected chi connectivity index (χ1v) is 8.87. The summed E-state index contributed by atoms with van der Waals surface area (Å²) in [6, 6.07) is 8.24. The molecule has 2 fully saturated rings. The number of aromatic nitrogens is 1. The first-order chi connectivity index (χ1) is 11.3. The lowest BCUT2D eigenvalue weighted by atomic mass is 10.00. The van der Waals surface area contributed by atoms with Gasteiger partial charge in [-0.3, -0.25) is 10.3 Å². The number of hydrogen-bond acceptors (Lipinski definition) is 4. The number of rotatable bonds is 3. The van der Waals surface area contributed by atoms with Crippen LogP contribution in [0.5, 0.6) is 5.75 Å². The molecular formula is C17H19N3O2S. The maximum absolute atomic E-state index is 12.6. The van der Waals surface area contributed by atoms with Crippen LogP contribution in [0.3, 0.4) is 0 Å². The first kappa shape index (κ1) is 14.5. The molecule has 0 aromatic carbocycles. The number of pyridine rings is 1. The van der Waals surface area contributed by atoms with E-state index < -0.39 is 0 Å². The first-order valence-electron chi connectivity index (χ1n) is 7.99. The van der Waals surface area contributed by atoms with E-state index >= 15 is 0 Å². The van der Waals surface area contributed by atoms with Gasteiger partial charge < -0.3 is 9.64 Å². The van der Waals surface area contributed by atoms with Gasteiger partial charge in [0.1, 0.15) is 11.9 Å². The molecule has 2 unspecified atom stereocenters. The Hall–Kier alpha value is -2.08. The van der Waals surface area contributed by atoms with Crippen LogP contribution < -0.4 is 10.1 Å². The van der Waals surface area contributed by atoms with Crippen LogP contribution in [-0.2, 0) is 0 Å². The number of fused-ring (bicyclic) bond motifs is 2. The van der Waals surface area contributed by atoms with Crippen molar-refractivity contribution in [3.63, 3.8) is 0 Å². The fourth-order valence-corrected chi connectivity index (χ4v) is 4.29. The minimum absolute atomic E-state index is 0.0299. The maximum atomic E-state index is 12.6. The molecule has 23 heavy (non-hydrogen) atoms. The van der Waals surface area contributed by atoms with E-state index in [2.05, 4.69) is 10.3 Å². The molecule has 2 amide bonds. The van der Waals surface area contributed by atoms with E-state index in [4.69, 9.17) is 4.74 Å². The number of ether oxygens (including phenoxy) is 1. The van der Waals surface area contributed by atoms with Crippen LogP contribution in [0.15, 0.2) is 42.0 Å². The lowest BCUT2D eigenvalue weighted by Crippen LogP contribution is -2.50. The van der Waals surface area contributed by atoms with Crippen LogP contribution in [0.4, 0.5) is 9.80 Å². The highest BCUT2D eigenvalue weighted by Gasteiger charge is 2.44. The molecule has 2 aliphatic rings. The summed E-state index contributed by atoms with van der Waals surface area (Å²) in [7, 11) is 0. The van der Waals surface area contributed by atoms with Crippen LogP contribution in [0.25, 0.3) is 0 Å². The average Bonchev–Trinajstić information content (AvgIpc) is 3.15. The SMILES string of the molecule is O=C(Nc1cccs1)N1C2CCC1CC(Oc1ccncc1)C2. The van der Waals surface area contributed by atoms with E-state index in [1.807, 2.05) is 34.5 Å². The van der Waals surface area contributed by atoms with Crippen molar-refractivity contribution >= 4 is 22.4 Å². The van der Waals surface area contributed by atoms with Crippen LogP contribution >= 0.6 is 11.3 Å². The topological polar surface area (TPSA) is 54.5 Å². The minimum Gasteiger partial charge on any atom is -0.490 e. The Morgan fingerprint density at radius 3 is 2.61 bits per heavy atom. The smallest absolute Gasteiger partial charge is 0.322 e. The summed E-state index contributed by atoms with van der Waals surface area (Å²) in [5.74, 6) is 0.862. The summed E-state index contributed by atoms with van der Waals surface area (Å²) in [6.07, 6.45) is 7.60. The van der Waals surface area contributed by atoms with Crippen LogP contribution in [-0.4, -0.2) is 34.1 Å². The van der Waals surface area contributed by atoms with E-state index in [-0.39, 0.29) is 24.2 Å². The molecule has 6 heteroatoms. The van der Waals surface area contributed by atoms with Gasteiger partial charge >= 0.3 is 6.03 Å². The van der Waals surface area contributed by atoms with Crippen molar-refractivity contribution in [2.45, 2.75) is 43.9 Å². The monoisotopic (exact) mass is 329 g/mol. The number of hydrogen-bond donors (Lipinski definition) is 1. The van der Waals surface area contributed by atoms with Crippen molar-refractivity contribution in [3.05, 3.63) is 42.0 Å².